The zero-order valence-electron chi connectivity index (χ0n) is 12.1. The molecule has 1 aromatic heterocycles. The van der Waals surface area contributed by atoms with Gasteiger partial charge in [0.2, 0.25) is 0 Å². The number of hydrogen-bond donors (Lipinski definition) is 2. The molecule has 0 fully saturated rings. The van der Waals surface area contributed by atoms with Crippen LogP contribution in [0, 0.1) is 6.92 Å². The molecule has 0 amide bonds. The second kappa shape index (κ2) is 9.52. The molecule has 0 radical (unpaired) electrons. The monoisotopic (exact) mass is 285 g/mol. The Hall–Kier alpha value is -1.37. The zero-order valence-corrected chi connectivity index (χ0v) is 12.1. The largest absolute Gasteiger partial charge is 0.478 e. The molecule has 0 saturated heterocycles. The minimum absolute atomic E-state index is 0.230. The Balaban J connectivity index is 2.07. The van der Waals surface area contributed by atoms with Crippen molar-refractivity contribution in [1.82, 2.24) is 5.32 Å². The van der Waals surface area contributed by atoms with E-state index in [1.807, 2.05) is 0 Å². The van der Waals surface area contributed by atoms with Gasteiger partial charge in [-0.25, -0.2) is 4.79 Å². The Labute approximate surface area is 119 Å². The first-order valence-corrected chi connectivity index (χ1v) is 6.75. The number of rotatable bonds is 11. The van der Waals surface area contributed by atoms with Crippen molar-refractivity contribution in [2.24, 2.45) is 0 Å². The van der Waals surface area contributed by atoms with E-state index in [4.69, 9.17) is 19.0 Å². The van der Waals surface area contributed by atoms with Crippen molar-refractivity contribution in [1.29, 1.82) is 0 Å². The van der Waals surface area contributed by atoms with Crippen molar-refractivity contribution in [3.05, 3.63) is 23.2 Å². The Morgan fingerprint density at radius 3 is 2.80 bits per heavy atom. The summed E-state index contributed by atoms with van der Waals surface area (Å²) in [6.07, 6.45) is 1.98. The van der Waals surface area contributed by atoms with E-state index >= 15 is 0 Å². The summed E-state index contributed by atoms with van der Waals surface area (Å²) in [5, 5.41) is 12.1. The lowest BCUT2D eigenvalue weighted by atomic mass is 10.2. The Morgan fingerprint density at radius 1 is 1.35 bits per heavy atom. The van der Waals surface area contributed by atoms with Gasteiger partial charge >= 0.3 is 5.97 Å². The quantitative estimate of drug-likeness (QED) is 0.604. The van der Waals surface area contributed by atoms with E-state index in [9.17, 15) is 4.79 Å². The van der Waals surface area contributed by atoms with Crippen molar-refractivity contribution >= 4 is 5.97 Å². The van der Waals surface area contributed by atoms with Gasteiger partial charge in [0, 0.05) is 13.7 Å². The fourth-order valence-corrected chi connectivity index (χ4v) is 1.75. The Morgan fingerprint density at radius 2 is 2.15 bits per heavy atom. The molecule has 1 heterocycles. The van der Waals surface area contributed by atoms with Gasteiger partial charge in [-0.05, 0) is 32.4 Å². The molecule has 0 bridgehead atoms. The van der Waals surface area contributed by atoms with Crippen LogP contribution in [0.5, 0.6) is 0 Å². The second-order valence-corrected chi connectivity index (χ2v) is 4.48. The zero-order chi connectivity index (χ0) is 14.8. The number of aryl methyl sites for hydroxylation is 1. The number of hydrogen-bond acceptors (Lipinski definition) is 5. The van der Waals surface area contributed by atoms with E-state index in [0.717, 1.165) is 26.0 Å². The fourth-order valence-electron chi connectivity index (χ4n) is 1.75. The van der Waals surface area contributed by atoms with Gasteiger partial charge in [0.15, 0.2) is 0 Å². The lowest BCUT2D eigenvalue weighted by Crippen LogP contribution is -2.15. The molecule has 114 valence electrons. The third-order valence-electron chi connectivity index (χ3n) is 2.82. The number of ether oxygens (including phenoxy) is 2. The molecule has 0 aliphatic heterocycles. The maximum atomic E-state index is 10.9. The number of carboxylic acid groups (broad SMARTS) is 1. The molecule has 1 aromatic rings. The SMILES string of the molecule is COCCOCCCCNCc1cc(C(=O)O)c(C)o1. The van der Waals surface area contributed by atoms with Crippen LogP contribution in [0.3, 0.4) is 0 Å². The number of aromatic carboxylic acids is 1. The number of furan rings is 1. The first-order chi connectivity index (χ1) is 9.65. The molecule has 0 unspecified atom stereocenters. The lowest BCUT2D eigenvalue weighted by molar-refractivity contribution is 0.0688. The van der Waals surface area contributed by atoms with Crippen molar-refractivity contribution in [2.45, 2.75) is 26.3 Å². The average Bonchev–Trinajstić information content (AvgIpc) is 2.78. The number of nitrogens with one attached hydrogen (secondary N) is 1. The lowest BCUT2D eigenvalue weighted by Gasteiger charge is -2.04. The van der Waals surface area contributed by atoms with E-state index in [0.29, 0.717) is 31.3 Å². The molecule has 0 aliphatic carbocycles. The van der Waals surface area contributed by atoms with Gasteiger partial charge in [-0.1, -0.05) is 0 Å². The van der Waals surface area contributed by atoms with Gasteiger partial charge in [-0.15, -0.1) is 0 Å². The molecule has 0 saturated carbocycles. The topological polar surface area (TPSA) is 80.9 Å². The molecule has 6 heteroatoms. The average molecular weight is 285 g/mol. The first-order valence-electron chi connectivity index (χ1n) is 6.75. The van der Waals surface area contributed by atoms with Crippen molar-refractivity contribution in [3.63, 3.8) is 0 Å². The number of carboxylic acids is 1. The van der Waals surface area contributed by atoms with Crippen LogP contribution in [-0.2, 0) is 16.0 Å². The van der Waals surface area contributed by atoms with Crippen LogP contribution in [-0.4, -0.2) is 44.6 Å². The highest BCUT2D eigenvalue weighted by atomic mass is 16.5. The third kappa shape index (κ3) is 6.18. The molecule has 6 nitrogen and oxygen atoms in total. The van der Waals surface area contributed by atoms with Crippen LogP contribution in [0.2, 0.25) is 0 Å². The first kappa shape index (κ1) is 16.7. The van der Waals surface area contributed by atoms with E-state index in [1.165, 1.54) is 0 Å². The van der Waals surface area contributed by atoms with Gasteiger partial charge < -0.3 is 24.3 Å². The highest BCUT2D eigenvalue weighted by Crippen LogP contribution is 2.14. The molecule has 0 aromatic carbocycles. The van der Waals surface area contributed by atoms with Crippen molar-refractivity contribution in [3.8, 4) is 0 Å². The summed E-state index contributed by atoms with van der Waals surface area (Å²) >= 11 is 0. The fraction of sp³-hybridized carbons (Fsp3) is 0.643. The van der Waals surface area contributed by atoms with Crippen LogP contribution in [0.1, 0.15) is 34.7 Å². The normalized spacial score (nSPS) is 10.9. The number of carbonyl (C=O) groups is 1. The van der Waals surface area contributed by atoms with Crippen molar-refractivity contribution < 1.29 is 23.8 Å². The van der Waals surface area contributed by atoms with Crippen LogP contribution < -0.4 is 5.32 Å². The van der Waals surface area contributed by atoms with Crippen LogP contribution in [0.4, 0.5) is 0 Å². The molecule has 0 spiro atoms. The van der Waals surface area contributed by atoms with Crippen LogP contribution in [0.15, 0.2) is 10.5 Å². The van der Waals surface area contributed by atoms with E-state index in [2.05, 4.69) is 5.32 Å². The smallest absolute Gasteiger partial charge is 0.339 e. The molecule has 2 N–H and O–H groups in total. The predicted molar refractivity (Wildman–Crippen MR) is 74.0 cm³/mol. The van der Waals surface area contributed by atoms with E-state index in [-0.39, 0.29) is 5.56 Å². The summed E-state index contributed by atoms with van der Waals surface area (Å²) in [4.78, 5) is 10.9. The highest BCUT2D eigenvalue weighted by Gasteiger charge is 2.12. The Kier molecular flexibility index (Phi) is 7.94. The molecule has 1 rings (SSSR count). The van der Waals surface area contributed by atoms with Gasteiger partial charge in [0.25, 0.3) is 0 Å². The second-order valence-electron chi connectivity index (χ2n) is 4.48. The maximum Gasteiger partial charge on any atom is 0.339 e. The summed E-state index contributed by atoms with van der Waals surface area (Å²) < 4.78 is 15.6. The van der Waals surface area contributed by atoms with E-state index in [1.54, 1.807) is 20.1 Å². The number of unbranched alkanes of at least 4 members (excludes halogenated alkanes) is 1. The van der Waals surface area contributed by atoms with Gasteiger partial charge in [0.05, 0.1) is 19.8 Å². The summed E-state index contributed by atoms with van der Waals surface area (Å²) in [5.74, 6) is 0.141. The van der Waals surface area contributed by atoms with Crippen LogP contribution >= 0.6 is 0 Å². The highest BCUT2D eigenvalue weighted by molar-refractivity contribution is 5.88. The molecular weight excluding hydrogens is 262 g/mol. The molecule has 0 aliphatic rings. The summed E-state index contributed by atoms with van der Waals surface area (Å²) in [6, 6.07) is 1.57. The van der Waals surface area contributed by atoms with Gasteiger partial charge in [0.1, 0.15) is 17.1 Å². The van der Waals surface area contributed by atoms with Gasteiger partial charge in [-0.2, -0.15) is 0 Å². The van der Waals surface area contributed by atoms with Crippen LogP contribution in [0.25, 0.3) is 0 Å². The maximum absolute atomic E-state index is 10.9. The van der Waals surface area contributed by atoms with Gasteiger partial charge in [-0.3, -0.25) is 0 Å². The van der Waals surface area contributed by atoms with E-state index < -0.39 is 5.97 Å². The molecule has 0 atom stereocenters. The number of methoxy groups -OCH3 is 1. The van der Waals surface area contributed by atoms with Crippen molar-refractivity contribution in [2.75, 3.05) is 33.5 Å². The minimum atomic E-state index is -0.953. The molecular formula is C14H23NO5. The summed E-state index contributed by atoms with van der Waals surface area (Å²) in [7, 11) is 1.65. The summed E-state index contributed by atoms with van der Waals surface area (Å²) in [5.41, 5.74) is 0.230. The third-order valence-corrected chi connectivity index (χ3v) is 2.82. The standard InChI is InChI=1S/C14H23NO5/c1-11-13(14(16)17)9-12(20-11)10-15-5-3-4-6-19-8-7-18-2/h9,15H,3-8,10H2,1-2H3,(H,16,17). The molecule has 20 heavy (non-hydrogen) atoms. The minimum Gasteiger partial charge on any atom is -0.478 e. The predicted octanol–water partition coefficient (Wildman–Crippen LogP) is 1.82. The Bertz CT molecular complexity index is 402. The summed E-state index contributed by atoms with van der Waals surface area (Å²) in [6.45, 7) is 5.03.